The Morgan fingerprint density at radius 1 is 0.917 bits per heavy atom. The van der Waals surface area contributed by atoms with Crippen LogP contribution in [0.5, 0.6) is 0 Å². The quantitative estimate of drug-likeness (QED) is 0.376. The van der Waals surface area contributed by atoms with Gasteiger partial charge >= 0.3 is 0 Å². The molecule has 7 nitrogen and oxygen atoms in total. The van der Waals surface area contributed by atoms with Gasteiger partial charge in [0.1, 0.15) is 11.7 Å². The van der Waals surface area contributed by atoms with Crippen LogP contribution in [0.3, 0.4) is 0 Å². The van der Waals surface area contributed by atoms with Crippen molar-refractivity contribution in [2.75, 3.05) is 4.90 Å². The number of carbonyl (C=O) groups is 2. The van der Waals surface area contributed by atoms with Crippen molar-refractivity contribution in [2.45, 2.75) is 44.2 Å². The molecule has 1 atom stereocenters. The summed E-state index contributed by atoms with van der Waals surface area (Å²) in [5, 5.41) is 3.22. The zero-order chi connectivity index (χ0) is 24.7. The summed E-state index contributed by atoms with van der Waals surface area (Å²) in [6.45, 7) is 0. The van der Waals surface area contributed by atoms with Crippen molar-refractivity contribution in [3.8, 4) is 11.1 Å². The van der Waals surface area contributed by atoms with Crippen molar-refractivity contribution in [2.24, 2.45) is 0 Å². The molecule has 0 spiro atoms. The van der Waals surface area contributed by atoms with Gasteiger partial charge in [0.15, 0.2) is 0 Å². The van der Waals surface area contributed by atoms with Crippen LogP contribution in [-0.4, -0.2) is 32.8 Å². The number of hydrogen-bond acceptors (Lipinski definition) is 4. The maximum absolute atomic E-state index is 13.8. The zero-order valence-corrected chi connectivity index (χ0v) is 20.0. The van der Waals surface area contributed by atoms with E-state index in [1.54, 1.807) is 24.7 Å². The van der Waals surface area contributed by atoms with E-state index in [4.69, 9.17) is 0 Å². The molecule has 36 heavy (non-hydrogen) atoms. The molecule has 2 heterocycles. The Morgan fingerprint density at radius 3 is 2.33 bits per heavy atom. The summed E-state index contributed by atoms with van der Waals surface area (Å²) < 4.78 is 0. The number of nitrogens with one attached hydrogen (secondary N) is 2. The highest BCUT2D eigenvalue weighted by Crippen LogP contribution is 2.32. The van der Waals surface area contributed by atoms with Crippen molar-refractivity contribution >= 4 is 17.5 Å². The first-order valence-corrected chi connectivity index (χ1v) is 12.4. The minimum atomic E-state index is -0.896. The first kappa shape index (κ1) is 23.5. The smallest absolute Gasteiger partial charge is 0.279 e. The van der Waals surface area contributed by atoms with Gasteiger partial charge in [-0.2, -0.15) is 0 Å². The van der Waals surface area contributed by atoms with Gasteiger partial charge in [-0.1, -0.05) is 67.8 Å². The van der Waals surface area contributed by atoms with Crippen LogP contribution in [0.2, 0.25) is 0 Å². The van der Waals surface area contributed by atoms with E-state index in [1.807, 2.05) is 60.7 Å². The number of aromatic amines is 1. The normalized spacial score (nSPS) is 14.7. The lowest BCUT2D eigenvalue weighted by atomic mass is 9.94. The Bertz CT molecular complexity index is 1270. The highest BCUT2D eigenvalue weighted by atomic mass is 16.2. The second-order valence-corrected chi connectivity index (χ2v) is 9.07. The van der Waals surface area contributed by atoms with E-state index >= 15 is 0 Å². The van der Waals surface area contributed by atoms with Crippen molar-refractivity contribution in [1.29, 1.82) is 0 Å². The van der Waals surface area contributed by atoms with Crippen LogP contribution in [0.1, 0.15) is 54.2 Å². The standard InChI is InChI=1S/C29H29N5O2/c35-28(33-24-11-5-2-6-12-24)27(23-10-7-17-30-18-23)34(29(36)26-19-31-20-32-26)25-15-13-22(14-16-25)21-8-3-1-4-9-21/h1,3-4,7-10,13-20,24,27H,2,5-6,11-12H2,(H,31,32)(H,33,35). The average Bonchev–Trinajstić information content (AvgIpc) is 3.48. The number of aromatic nitrogens is 3. The topological polar surface area (TPSA) is 91.0 Å². The molecule has 1 saturated carbocycles. The molecule has 7 heteroatoms. The number of benzene rings is 2. The number of amides is 2. The molecule has 1 aliphatic rings. The van der Waals surface area contributed by atoms with E-state index in [0.717, 1.165) is 36.8 Å². The highest BCUT2D eigenvalue weighted by Gasteiger charge is 2.35. The van der Waals surface area contributed by atoms with Crippen LogP contribution in [0.4, 0.5) is 5.69 Å². The average molecular weight is 480 g/mol. The van der Waals surface area contributed by atoms with Crippen LogP contribution in [0.15, 0.2) is 91.6 Å². The first-order valence-electron chi connectivity index (χ1n) is 12.4. The summed E-state index contributed by atoms with van der Waals surface area (Å²) in [7, 11) is 0. The third-order valence-electron chi connectivity index (χ3n) is 6.65. The Labute approximate surface area is 210 Å². The molecule has 2 aromatic heterocycles. The number of hydrogen-bond donors (Lipinski definition) is 2. The maximum atomic E-state index is 13.8. The molecule has 0 aliphatic heterocycles. The van der Waals surface area contributed by atoms with Gasteiger partial charge < -0.3 is 10.3 Å². The molecular formula is C29H29N5O2. The van der Waals surface area contributed by atoms with Gasteiger partial charge in [-0.25, -0.2) is 4.98 Å². The molecule has 0 radical (unpaired) electrons. The third kappa shape index (κ3) is 5.20. The molecule has 5 rings (SSSR count). The van der Waals surface area contributed by atoms with Crippen LogP contribution in [0.25, 0.3) is 11.1 Å². The van der Waals surface area contributed by atoms with Gasteiger partial charge in [-0.3, -0.25) is 19.5 Å². The summed E-state index contributed by atoms with van der Waals surface area (Å²) in [4.78, 5) is 40.5. The molecular weight excluding hydrogens is 450 g/mol. The van der Waals surface area contributed by atoms with Crippen LogP contribution < -0.4 is 10.2 Å². The largest absolute Gasteiger partial charge is 0.351 e. The van der Waals surface area contributed by atoms with E-state index in [9.17, 15) is 9.59 Å². The molecule has 0 saturated heterocycles. The van der Waals surface area contributed by atoms with Gasteiger partial charge in [-0.05, 0) is 42.2 Å². The molecule has 2 aromatic carbocycles. The molecule has 4 aromatic rings. The third-order valence-corrected chi connectivity index (χ3v) is 6.65. The molecule has 1 unspecified atom stereocenters. The number of anilines is 1. The summed E-state index contributed by atoms with van der Waals surface area (Å²) in [5.41, 5.74) is 3.59. The molecule has 2 amide bonds. The van der Waals surface area contributed by atoms with E-state index < -0.39 is 6.04 Å². The summed E-state index contributed by atoms with van der Waals surface area (Å²) in [6.07, 6.45) is 11.6. The Hall–Kier alpha value is -4.26. The maximum Gasteiger partial charge on any atom is 0.279 e. The lowest BCUT2D eigenvalue weighted by Crippen LogP contribution is -2.47. The fourth-order valence-electron chi connectivity index (χ4n) is 4.81. The first-order chi connectivity index (χ1) is 17.7. The molecule has 1 aliphatic carbocycles. The number of nitrogens with zero attached hydrogens (tertiary/aromatic N) is 3. The number of carbonyl (C=O) groups excluding carboxylic acids is 2. The molecule has 2 N–H and O–H groups in total. The number of pyridine rings is 1. The minimum Gasteiger partial charge on any atom is -0.351 e. The van der Waals surface area contributed by atoms with Gasteiger partial charge in [0, 0.05) is 35.9 Å². The van der Waals surface area contributed by atoms with E-state index in [0.29, 0.717) is 11.3 Å². The summed E-state index contributed by atoms with van der Waals surface area (Å²) in [6, 6.07) is 20.6. The number of H-pyrrole nitrogens is 1. The fraction of sp³-hybridized carbons (Fsp3) is 0.241. The lowest BCUT2D eigenvalue weighted by Gasteiger charge is -2.33. The van der Waals surface area contributed by atoms with E-state index in [1.165, 1.54) is 17.6 Å². The minimum absolute atomic E-state index is 0.105. The monoisotopic (exact) mass is 479 g/mol. The predicted octanol–water partition coefficient (Wildman–Crippen LogP) is 5.31. The Kier molecular flexibility index (Phi) is 7.17. The summed E-state index contributed by atoms with van der Waals surface area (Å²) in [5.74, 6) is -0.581. The van der Waals surface area contributed by atoms with Crippen LogP contribution in [-0.2, 0) is 4.79 Å². The second kappa shape index (κ2) is 11.0. The fourth-order valence-corrected chi connectivity index (χ4v) is 4.81. The summed E-state index contributed by atoms with van der Waals surface area (Å²) >= 11 is 0. The Morgan fingerprint density at radius 2 is 1.67 bits per heavy atom. The highest BCUT2D eigenvalue weighted by molar-refractivity contribution is 6.09. The molecule has 182 valence electrons. The van der Waals surface area contributed by atoms with Gasteiger partial charge in [0.2, 0.25) is 5.91 Å². The number of imidazole rings is 1. The van der Waals surface area contributed by atoms with Gasteiger partial charge in [0.25, 0.3) is 5.91 Å². The zero-order valence-electron chi connectivity index (χ0n) is 20.0. The second-order valence-electron chi connectivity index (χ2n) is 9.07. The van der Waals surface area contributed by atoms with E-state index in [-0.39, 0.29) is 23.6 Å². The van der Waals surface area contributed by atoms with Crippen molar-refractivity contribution in [1.82, 2.24) is 20.3 Å². The van der Waals surface area contributed by atoms with Crippen LogP contribution >= 0.6 is 0 Å². The molecule has 0 bridgehead atoms. The molecule has 1 fully saturated rings. The van der Waals surface area contributed by atoms with Gasteiger partial charge in [0.05, 0.1) is 6.33 Å². The van der Waals surface area contributed by atoms with Crippen molar-refractivity contribution < 1.29 is 9.59 Å². The lowest BCUT2D eigenvalue weighted by molar-refractivity contribution is -0.123. The Balaban J connectivity index is 1.55. The predicted molar refractivity (Wildman–Crippen MR) is 139 cm³/mol. The van der Waals surface area contributed by atoms with Crippen LogP contribution in [0, 0.1) is 0 Å². The van der Waals surface area contributed by atoms with Crippen molar-refractivity contribution in [3.05, 3.63) is 103 Å². The number of rotatable bonds is 7. The SMILES string of the molecule is O=C(NC1CCCCC1)C(c1cccnc1)N(C(=O)c1c[nH]cn1)c1ccc(-c2ccccc2)cc1. The van der Waals surface area contributed by atoms with E-state index in [2.05, 4.69) is 20.3 Å². The van der Waals surface area contributed by atoms with Gasteiger partial charge in [-0.15, -0.1) is 0 Å². The van der Waals surface area contributed by atoms with Crippen molar-refractivity contribution in [3.63, 3.8) is 0 Å².